The molecule has 1 aliphatic carbocycles. The first-order valence-corrected chi connectivity index (χ1v) is 13.8. The van der Waals surface area contributed by atoms with Crippen molar-refractivity contribution >= 4 is 38.2 Å². The van der Waals surface area contributed by atoms with Crippen molar-refractivity contribution in [2.75, 3.05) is 25.5 Å². The summed E-state index contributed by atoms with van der Waals surface area (Å²) in [5.41, 5.74) is 1.94. The summed E-state index contributed by atoms with van der Waals surface area (Å²) in [5, 5.41) is 6.14. The predicted molar refractivity (Wildman–Crippen MR) is 131 cm³/mol. The summed E-state index contributed by atoms with van der Waals surface area (Å²) in [6.45, 7) is 3.27. The lowest BCUT2D eigenvalue weighted by molar-refractivity contribution is 0.0963. The summed E-state index contributed by atoms with van der Waals surface area (Å²) in [7, 11) is -1.97. The monoisotopic (exact) mass is 489 g/mol. The van der Waals surface area contributed by atoms with Crippen LogP contribution in [0.3, 0.4) is 0 Å². The standard InChI is InChI=1S/C24H31N3O4S2/c1-16-7-12-19-20(15-16)32-24(21(19)23(29)25-2)26-22(28)17-8-10-18(11-9-17)33(30,31)27-13-5-3-4-6-14-27/h8-11,16H,3-7,12-15H2,1-2H3,(H,25,29)(H,26,28)/t16-/m1/s1. The SMILES string of the molecule is CNC(=O)c1c(NC(=O)c2ccc(S(=O)(=O)N3CCCCCC3)cc2)sc2c1CC[C@@H](C)C2. The van der Waals surface area contributed by atoms with Gasteiger partial charge in [-0.1, -0.05) is 19.8 Å². The lowest BCUT2D eigenvalue weighted by Gasteiger charge is -2.20. The van der Waals surface area contributed by atoms with Gasteiger partial charge in [0.1, 0.15) is 5.00 Å². The summed E-state index contributed by atoms with van der Waals surface area (Å²) in [5.74, 6) is -0.00213. The number of fused-ring (bicyclic) bond motifs is 1. The molecular weight excluding hydrogens is 458 g/mol. The Morgan fingerprint density at radius 3 is 2.33 bits per heavy atom. The van der Waals surface area contributed by atoms with Crippen molar-refractivity contribution in [3.63, 3.8) is 0 Å². The van der Waals surface area contributed by atoms with E-state index in [1.807, 2.05) is 0 Å². The number of nitrogens with zero attached hydrogens (tertiary/aromatic N) is 1. The van der Waals surface area contributed by atoms with E-state index in [9.17, 15) is 18.0 Å². The highest BCUT2D eigenvalue weighted by molar-refractivity contribution is 7.89. The second kappa shape index (κ2) is 9.95. The summed E-state index contributed by atoms with van der Waals surface area (Å²) in [6, 6.07) is 6.07. The number of carbonyl (C=O) groups is 2. The normalized spacial score (nSPS) is 19.4. The van der Waals surface area contributed by atoms with Crippen molar-refractivity contribution < 1.29 is 18.0 Å². The molecule has 9 heteroatoms. The number of hydrogen-bond donors (Lipinski definition) is 2. The molecule has 0 bridgehead atoms. The third kappa shape index (κ3) is 5.00. The number of nitrogens with one attached hydrogen (secondary N) is 2. The fourth-order valence-electron chi connectivity index (χ4n) is 4.59. The van der Waals surface area contributed by atoms with Crippen molar-refractivity contribution in [1.82, 2.24) is 9.62 Å². The van der Waals surface area contributed by atoms with Crippen LogP contribution in [0, 0.1) is 5.92 Å². The van der Waals surface area contributed by atoms with E-state index in [1.165, 1.54) is 35.6 Å². The van der Waals surface area contributed by atoms with Crippen LogP contribution < -0.4 is 10.6 Å². The average molecular weight is 490 g/mol. The Labute approximate surface area is 199 Å². The number of rotatable bonds is 5. The first-order chi connectivity index (χ1) is 15.8. The molecule has 2 heterocycles. The van der Waals surface area contributed by atoms with E-state index in [2.05, 4.69) is 17.6 Å². The molecule has 0 spiro atoms. The maximum absolute atomic E-state index is 13.0. The Morgan fingerprint density at radius 1 is 1.03 bits per heavy atom. The zero-order chi connectivity index (χ0) is 23.6. The molecule has 2 N–H and O–H groups in total. The zero-order valence-corrected chi connectivity index (χ0v) is 20.8. The average Bonchev–Trinajstić information content (AvgIpc) is 2.97. The van der Waals surface area contributed by atoms with Gasteiger partial charge in [0.25, 0.3) is 11.8 Å². The molecule has 4 rings (SSSR count). The minimum atomic E-state index is -3.56. The van der Waals surface area contributed by atoms with Crippen LogP contribution in [0.25, 0.3) is 0 Å². The lowest BCUT2D eigenvalue weighted by Crippen LogP contribution is -2.31. The molecule has 2 aromatic rings. The fourth-order valence-corrected chi connectivity index (χ4v) is 7.51. The number of benzene rings is 1. The molecule has 1 atom stereocenters. The Morgan fingerprint density at radius 2 is 1.70 bits per heavy atom. The molecule has 1 aromatic heterocycles. The van der Waals surface area contributed by atoms with Crippen LogP contribution in [0.4, 0.5) is 5.00 Å². The topological polar surface area (TPSA) is 95.6 Å². The molecule has 178 valence electrons. The summed E-state index contributed by atoms with van der Waals surface area (Å²) in [4.78, 5) is 26.9. The number of thiophene rings is 1. The van der Waals surface area contributed by atoms with E-state index < -0.39 is 10.0 Å². The minimum Gasteiger partial charge on any atom is -0.355 e. The van der Waals surface area contributed by atoms with Crippen LogP contribution in [0.2, 0.25) is 0 Å². The van der Waals surface area contributed by atoms with Gasteiger partial charge in [-0.15, -0.1) is 11.3 Å². The van der Waals surface area contributed by atoms with E-state index in [-0.39, 0.29) is 16.7 Å². The summed E-state index contributed by atoms with van der Waals surface area (Å²) in [6.07, 6.45) is 6.60. The van der Waals surface area contributed by atoms with Crippen molar-refractivity contribution in [2.45, 2.75) is 56.8 Å². The smallest absolute Gasteiger partial charge is 0.256 e. The Bertz CT molecular complexity index is 1130. The molecule has 0 saturated carbocycles. The van der Waals surface area contributed by atoms with E-state index in [0.29, 0.717) is 35.1 Å². The highest BCUT2D eigenvalue weighted by Gasteiger charge is 2.29. The van der Waals surface area contributed by atoms with Crippen LogP contribution in [0.5, 0.6) is 0 Å². The number of sulfonamides is 1. The molecule has 33 heavy (non-hydrogen) atoms. The van der Waals surface area contributed by atoms with Crippen molar-refractivity contribution in [1.29, 1.82) is 0 Å². The quantitative estimate of drug-likeness (QED) is 0.662. The van der Waals surface area contributed by atoms with Gasteiger partial charge in [0.15, 0.2) is 0 Å². The largest absolute Gasteiger partial charge is 0.355 e. The zero-order valence-electron chi connectivity index (χ0n) is 19.1. The van der Waals surface area contributed by atoms with Gasteiger partial charge in [-0.25, -0.2) is 8.42 Å². The van der Waals surface area contributed by atoms with Gasteiger partial charge in [-0.05, 0) is 67.9 Å². The van der Waals surface area contributed by atoms with E-state index in [1.54, 1.807) is 11.4 Å². The highest BCUT2D eigenvalue weighted by atomic mass is 32.2. The van der Waals surface area contributed by atoms with Gasteiger partial charge in [-0.3, -0.25) is 9.59 Å². The van der Waals surface area contributed by atoms with Crippen molar-refractivity contribution in [3.8, 4) is 0 Å². The van der Waals surface area contributed by atoms with Crippen LogP contribution in [-0.4, -0.2) is 44.7 Å². The third-order valence-corrected chi connectivity index (χ3v) is 9.59. The molecule has 2 aliphatic rings. The van der Waals surface area contributed by atoms with Crippen molar-refractivity contribution in [3.05, 3.63) is 45.8 Å². The second-order valence-corrected chi connectivity index (χ2v) is 12.0. The Hall–Kier alpha value is -2.23. The molecule has 1 aliphatic heterocycles. The molecule has 1 saturated heterocycles. The summed E-state index contributed by atoms with van der Waals surface area (Å²) < 4.78 is 27.5. The lowest BCUT2D eigenvalue weighted by atomic mass is 9.88. The Kier molecular flexibility index (Phi) is 7.21. The van der Waals surface area contributed by atoms with Crippen LogP contribution >= 0.6 is 11.3 Å². The van der Waals surface area contributed by atoms with Gasteiger partial charge < -0.3 is 10.6 Å². The molecule has 0 unspecified atom stereocenters. The highest BCUT2D eigenvalue weighted by Crippen LogP contribution is 2.39. The maximum Gasteiger partial charge on any atom is 0.256 e. The van der Waals surface area contributed by atoms with Crippen LogP contribution in [0.1, 0.15) is 70.2 Å². The number of hydrogen-bond acceptors (Lipinski definition) is 5. The van der Waals surface area contributed by atoms with E-state index in [0.717, 1.165) is 55.4 Å². The molecule has 1 aromatic carbocycles. The summed E-state index contributed by atoms with van der Waals surface area (Å²) >= 11 is 1.47. The number of carbonyl (C=O) groups excluding carboxylic acids is 2. The van der Waals surface area contributed by atoms with Crippen LogP contribution in [0.15, 0.2) is 29.2 Å². The fraction of sp³-hybridized carbons (Fsp3) is 0.500. The molecule has 0 radical (unpaired) electrons. The van der Waals surface area contributed by atoms with E-state index in [4.69, 9.17) is 0 Å². The second-order valence-electron chi connectivity index (χ2n) is 8.93. The molecule has 2 amide bonds. The molecule has 7 nitrogen and oxygen atoms in total. The van der Waals surface area contributed by atoms with Crippen molar-refractivity contribution in [2.24, 2.45) is 5.92 Å². The molecular formula is C24H31N3O4S2. The predicted octanol–water partition coefficient (Wildman–Crippen LogP) is 4.05. The Balaban J connectivity index is 1.54. The first-order valence-electron chi connectivity index (χ1n) is 11.6. The van der Waals surface area contributed by atoms with E-state index >= 15 is 0 Å². The third-order valence-electron chi connectivity index (χ3n) is 6.51. The first kappa shape index (κ1) is 23.9. The maximum atomic E-state index is 13.0. The number of amides is 2. The van der Waals surface area contributed by atoms with Gasteiger partial charge in [0.05, 0.1) is 10.5 Å². The van der Waals surface area contributed by atoms with Gasteiger partial charge in [0.2, 0.25) is 10.0 Å². The van der Waals surface area contributed by atoms with Crippen LogP contribution in [-0.2, 0) is 22.9 Å². The number of anilines is 1. The minimum absolute atomic E-state index is 0.198. The molecule has 1 fully saturated rings. The van der Waals surface area contributed by atoms with Gasteiger partial charge in [-0.2, -0.15) is 4.31 Å². The van der Waals surface area contributed by atoms with Gasteiger partial charge in [0, 0.05) is 30.6 Å². The van der Waals surface area contributed by atoms with Gasteiger partial charge >= 0.3 is 0 Å².